The van der Waals surface area contributed by atoms with E-state index in [0.29, 0.717) is 6.54 Å². The van der Waals surface area contributed by atoms with E-state index >= 15 is 0 Å². The van der Waals surface area contributed by atoms with Gasteiger partial charge in [0.05, 0.1) is 17.1 Å². The van der Waals surface area contributed by atoms with Crippen molar-refractivity contribution >= 4 is 33.4 Å². The summed E-state index contributed by atoms with van der Waals surface area (Å²) in [6, 6.07) is 5.21. The molecule has 0 N–H and O–H groups in total. The van der Waals surface area contributed by atoms with Crippen molar-refractivity contribution in [3.63, 3.8) is 0 Å². The number of thioether (sulfide) groups is 1. The van der Waals surface area contributed by atoms with Gasteiger partial charge in [0.1, 0.15) is 0 Å². The van der Waals surface area contributed by atoms with Crippen LogP contribution in [0.2, 0.25) is 0 Å². The summed E-state index contributed by atoms with van der Waals surface area (Å²) in [6.07, 6.45) is 3.34. The SMILES string of the molecule is CN(C)S(=O)(=O)c1ccc2c(c1)N(CC(=O)N1CCCCC1)CCS2. The van der Waals surface area contributed by atoms with E-state index in [4.69, 9.17) is 0 Å². The zero-order valence-electron chi connectivity index (χ0n) is 14.8. The van der Waals surface area contributed by atoms with Crippen LogP contribution in [0, 0.1) is 0 Å². The fraction of sp³-hybridized carbons (Fsp3) is 0.588. The van der Waals surface area contributed by atoms with Crippen molar-refractivity contribution in [3.8, 4) is 0 Å². The van der Waals surface area contributed by atoms with Crippen molar-refractivity contribution in [1.82, 2.24) is 9.21 Å². The number of fused-ring (bicyclic) bond motifs is 1. The second-order valence-electron chi connectivity index (χ2n) is 6.63. The second-order valence-corrected chi connectivity index (χ2v) is 9.92. The number of nitrogens with zero attached hydrogens (tertiary/aromatic N) is 3. The Morgan fingerprint density at radius 1 is 1.16 bits per heavy atom. The fourth-order valence-electron chi connectivity index (χ4n) is 3.19. The van der Waals surface area contributed by atoms with Crippen molar-refractivity contribution in [2.24, 2.45) is 0 Å². The van der Waals surface area contributed by atoms with Crippen LogP contribution in [0.4, 0.5) is 5.69 Å². The van der Waals surface area contributed by atoms with E-state index in [9.17, 15) is 13.2 Å². The molecule has 3 rings (SSSR count). The molecule has 1 aromatic rings. The van der Waals surface area contributed by atoms with Crippen LogP contribution in [0.1, 0.15) is 19.3 Å². The van der Waals surface area contributed by atoms with Gasteiger partial charge in [-0.1, -0.05) is 0 Å². The van der Waals surface area contributed by atoms with Crippen LogP contribution in [0.5, 0.6) is 0 Å². The number of rotatable bonds is 4. The van der Waals surface area contributed by atoms with Crippen molar-refractivity contribution in [1.29, 1.82) is 0 Å². The van der Waals surface area contributed by atoms with Crippen LogP contribution in [0.15, 0.2) is 28.0 Å². The molecule has 6 nitrogen and oxygen atoms in total. The summed E-state index contributed by atoms with van der Waals surface area (Å²) in [5, 5.41) is 0. The predicted octanol–water partition coefficient (Wildman–Crippen LogP) is 1.86. The summed E-state index contributed by atoms with van der Waals surface area (Å²) < 4.78 is 26.1. The summed E-state index contributed by atoms with van der Waals surface area (Å²) in [4.78, 5) is 17.9. The Bertz CT molecular complexity index is 744. The maximum Gasteiger partial charge on any atom is 0.242 e. The Hall–Kier alpha value is -1.25. The van der Waals surface area contributed by atoms with E-state index in [1.807, 2.05) is 15.9 Å². The van der Waals surface area contributed by atoms with Gasteiger partial charge in [0.15, 0.2) is 0 Å². The molecule has 0 atom stereocenters. The highest BCUT2D eigenvalue weighted by molar-refractivity contribution is 7.99. The van der Waals surface area contributed by atoms with Crippen molar-refractivity contribution in [2.75, 3.05) is 50.9 Å². The number of hydrogen-bond acceptors (Lipinski definition) is 5. The van der Waals surface area contributed by atoms with Crippen molar-refractivity contribution in [2.45, 2.75) is 29.1 Å². The lowest BCUT2D eigenvalue weighted by molar-refractivity contribution is -0.130. The number of hydrogen-bond donors (Lipinski definition) is 0. The predicted molar refractivity (Wildman–Crippen MR) is 101 cm³/mol. The van der Waals surface area contributed by atoms with Gasteiger partial charge in [-0.15, -0.1) is 11.8 Å². The second kappa shape index (κ2) is 7.55. The van der Waals surface area contributed by atoms with E-state index in [0.717, 1.165) is 48.8 Å². The number of anilines is 1. The lowest BCUT2D eigenvalue weighted by Gasteiger charge is -2.34. The lowest BCUT2D eigenvalue weighted by atomic mass is 10.1. The first-order valence-corrected chi connectivity index (χ1v) is 11.0. The average Bonchev–Trinajstić information content (AvgIpc) is 2.62. The molecule has 0 aliphatic carbocycles. The lowest BCUT2D eigenvalue weighted by Crippen LogP contribution is -2.44. The number of piperidine rings is 1. The minimum Gasteiger partial charge on any atom is -0.360 e. The number of amides is 1. The minimum absolute atomic E-state index is 0.137. The number of benzene rings is 1. The summed E-state index contributed by atoms with van der Waals surface area (Å²) >= 11 is 1.71. The molecule has 1 aromatic carbocycles. The van der Waals surface area contributed by atoms with Gasteiger partial charge in [-0.25, -0.2) is 12.7 Å². The molecule has 25 heavy (non-hydrogen) atoms. The molecule has 0 radical (unpaired) electrons. The summed E-state index contributed by atoms with van der Waals surface area (Å²) in [7, 11) is -0.423. The largest absolute Gasteiger partial charge is 0.360 e. The molecule has 2 aliphatic rings. The zero-order chi connectivity index (χ0) is 18.0. The highest BCUT2D eigenvalue weighted by atomic mass is 32.2. The molecule has 0 saturated carbocycles. The van der Waals surface area contributed by atoms with Crippen LogP contribution >= 0.6 is 11.8 Å². The maximum absolute atomic E-state index is 12.6. The number of carbonyl (C=O) groups excluding carboxylic acids is 1. The van der Waals surface area contributed by atoms with Crippen LogP contribution in [0.3, 0.4) is 0 Å². The zero-order valence-corrected chi connectivity index (χ0v) is 16.4. The molecule has 0 spiro atoms. The molecule has 138 valence electrons. The third-order valence-corrected chi connectivity index (χ3v) is 7.56. The van der Waals surface area contributed by atoms with Gasteiger partial charge >= 0.3 is 0 Å². The van der Waals surface area contributed by atoms with Gasteiger partial charge in [-0.3, -0.25) is 4.79 Å². The smallest absolute Gasteiger partial charge is 0.242 e. The molecule has 8 heteroatoms. The highest BCUT2D eigenvalue weighted by Gasteiger charge is 2.26. The molecular formula is C17H25N3O3S2. The molecule has 1 amide bonds. The third kappa shape index (κ3) is 3.96. The van der Waals surface area contributed by atoms with E-state index in [2.05, 4.69) is 0 Å². The van der Waals surface area contributed by atoms with E-state index < -0.39 is 10.0 Å². The van der Waals surface area contributed by atoms with Crippen LogP contribution in [-0.4, -0.2) is 69.6 Å². The molecule has 1 fully saturated rings. The standard InChI is InChI=1S/C17H25N3O3S2/c1-18(2)25(22,23)14-6-7-16-15(12-14)20(10-11-24-16)13-17(21)19-8-4-3-5-9-19/h6-7,12H,3-5,8-11,13H2,1-2H3. The van der Waals surface area contributed by atoms with Gasteiger partial charge in [0, 0.05) is 44.4 Å². The normalized spacial score (nSPS) is 18.4. The molecule has 1 saturated heterocycles. The fourth-order valence-corrected chi connectivity index (χ4v) is 5.15. The van der Waals surface area contributed by atoms with Gasteiger partial charge in [0.2, 0.25) is 15.9 Å². The first-order valence-electron chi connectivity index (χ1n) is 8.62. The van der Waals surface area contributed by atoms with Crippen LogP contribution in [0.25, 0.3) is 0 Å². The Kier molecular flexibility index (Phi) is 5.60. The third-order valence-electron chi connectivity index (χ3n) is 4.70. The molecule has 2 aliphatic heterocycles. The van der Waals surface area contributed by atoms with Gasteiger partial charge in [-0.2, -0.15) is 0 Å². The Labute approximate surface area is 154 Å². The van der Waals surface area contributed by atoms with Gasteiger partial charge in [0.25, 0.3) is 0 Å². The van der Waals surface area contributed by atoms with Crippen LogP contribution < -0.4 is 4.90 Å². The molecular weight excluding hydrogens is 358 g/mol. The molecule has 2 heterocycles. The molecule has 0 bridgehead atoms. The van der Waals surface area contributed by atoms with Crippen molar-refractivity contribution in [3.05, 3.63) is 18.2 Å². The summed E-state index contributed by atoms with van der Waals surface area (Å²) in [6.45, 7) is 2.74. The molecule has 0 aromatic heterocycles. The van der Waals surface area contributed by atoms with E-state index in [1.165, 1.54) is 24.8 Å². The van der Waals surface area contributed by atoms with Crippen LogP contribution in [-0.2, 0) is 14.8 Å². The highest BCUT2D eigenvalue weighted by Crippen LogP contribution is 2.36. The quantitative estimate of drug-likeness (QED) is 0.794. The Morgan fingerprint density at radius 3 is 2.56 bits per heavy atom. The topological polar surface area (TPSA) is 60.9 Å². The van der Waals surface area contributed by atoms with E-state index in [-0.39, 0.29) is 10.8 Å². The summed E-state index contributed by atoms with van der Waals surface area (Å²) in [5.74, 6) is 1.04. The minimum atomic E-state index is -3.48. The average molecular weight is 384 g/mol. The van der Waals surface area contributed by atoms with Gasteiger partial charge in [-0.05, 0) is 37.5 Å². The number of carbonyl (C=O) groups is 1. The number of likely N-dealkylation sites (tertiary alicyclic amines) is 1. The Morgan fingerprint density at radius 2 is 1.88 bits per heavy atom. The first kappa shape index (κ1) is 18.5. The van der Waals surface area contributed by atoms with E-state index in [1.54, 1.807) is 23.9 Å². The Balaban J connectivity index is 1.83. The maximum atomic E-state index is 12.6. The number of sulfonamides is 1. The van der Waals surface area contributed by atoms with Gasteiger partial charge < -0.3 is 9.80 Å². The first-order chi connectivity index (χ1) is 11.9. The van der Waals surface area contributed by atoms with Crippen molar-refractivity contribution < 1.29 is 13.2 Å². The summed E-state index contributed by atoms with van der Waals surface area (Å²) in [5.41, 5.74) is 0.851. The molecule has 0 unspecified atom stereocenters. The monoisotopic (exact) mass is 383 g/mol.